The molecule has 1 aliphatic carbocycles. The molecule has 1 amide bonds. The van der Waals surface area contributed by atoms with Crippen LogP contribution >= 0.6 is 0 Å². The highest BCUT2D eigenvalue weighted by Gasteiger charge is 2.59. The van der Waals surface area contributed by atoms with E-state index in [-0.39, 0.29) is 11.7 Å². The topological polar surface area (TPSA) is 32.3 Å². The third-order valence-electron chi connectivity index (χ3n) is 6.13. The molecule has 1 aromatic carbocycles. The van der Waals surface area contributed by atoms with Gasteiger partial charge in [-0.3, -0.25) is 4.79 Å². The number of nitrogens with zero attached hydrogens (tertiary/aromatic N) is 1. The number of likely N-dealkylation sites (tertiary alicyclic amines) is 1. The second-order valence-electron chi connectivity index (χ2n) is 7.65. The van der Waals surface area contributed by atoms with Gasteiger partial charge in [0.15, 0.2) is 0 Å². The minimum atomic E-state index is -0.172. The smallest absolute Gasteiger partial charge is 0.226 e. The first-order valence-corrected chi connectivity index (χ1v) is 8.90. The number of nitrogens with one attached hydrogen (secondary N) is 1. The van der Waals surface area contributed by atoms with Gasteiger partial charge in [0.2, 0.25) is 5.91 Å². The molecule has 3 nitrogen and oxygen atoms in total. The van der Waals surface area contributed by atoms with E-state index in [4.69, 9.17) is 0 Å². The Balaban J connectivity index is 1.27. The Bertz CT molecular complexity index is 572. The highest BCUT2D eigenvalue weighted by Crippen LogP contribution is 2.57. The largest absolute Gasteiger partial charge is 0.342 e. The minimum absolute atomic E-state index is 0.172. The molecule has 1 spiro atoms. The molecule has 1 saturated carbocycles. The number of halogens is 1. The lowest BCUT2D eigenvalue weighted by atomic mass is 9.90. The lowest BCUT2D eigenvalue weighted by Crippen LogP contribution is -2.40. The van der Waals surface area contributed by atoms with Crippen LogP contribution in [-0.4, -0.2) is 37.0 Å². The van der Waals surface area contributed by atoms with Crippen LogP contribution in [0.4, 0.5) is 4.39 Å². The zero-order valence-electron chi connectivity index (χ0n) is 13.6. The van der Waals surface area contributed by atoms with Crippen molar-refractivity contribution in [3.05, 3.63) is 35.6 Å². The number of amides is 1. The van der Waals surface area contributed by atoms with Gasteiger partial charge in [0, 0.05) is 25.6 Å². The van der Waals surface area contributed by atoms with Gasteiger partial charge in [-0.2, -0.15) is 0 Å². The monoisotopic (exact) mass is 316 g/mol. The van der Waals surface area contributed by atoms with E-state index in [2.05, 4.69) is 10.2 Å². The molecule has 1 aromatic rings. The fourth-order valence-electron chi connectivity index (χ4n) is 4.46. The molecule has 3 fully saturated rings. The maximum absolute atomic E-state index is 13.0. The van der Waals surface area contributed by atoms with Crippen LogP contribution < -0.4 is 5.32 Å². The molecule has 1 N–H and O–H groups in total. The lowest BCUT2D eigenvalue weighted by molar-refractivity contribution is -0.134. The molecule has 0 aromatic heterocycles. The summed E-state index contributed by atoms with van der Waals surface area (Å²) in [4.78, 5) is 14.8. The number of carbonyl (C=O) groups excluding carboxylic acids is 1. The van der Waals surface area contributed by atoms with E-state index >= 15 is 0 Å². The fourth-order valence-corrected chi connectivity index (χ4v) is 4.46. The molecule has 2 unspecified atom stereocenters. The molecular formula is C19H25FN2O. The summed E-state index contributed by atoms with van der Waals surface area (Å²) in [5.41, 5.74) is 1.51. The van der Waals surface area contributed by atoms with Crippen LogP contribution in [0.5, 0.6) is 0 Å². The zero-order chi connectivity index (χ0) is 15.9. The van der Waals surface area contributed by atoms with E-state index < -0.39 is 0 Å². The number of rotatable bonds is 3. The molecule has 4 rings (SSSR count). The lowest BCUT2D eigenvalue weighted by Gasteiger charge is -2.32. The zero-order valence-corrected chi connectivity index (χ0v) is 13.6. The van der Waals surface area contributed by atoms with Crippen LogP contribution in [0.3, 0.4) is 0 Å². The predicted octanol–water partition coefficient (Wildman–Crippen LogP) is 2.61. The van der Waals surface area contributed by atoms with Gasteiger partial charge in [-0.1, -0.05) is 12.1 Å². The van der Waals surface area contributed by atoms with Gasteiger partial charge in [0.25, 0.3) is 0 Å². The molecule has 2 aliphatic heterocycles. The second kappa shape index (κ2) is 5.90. The van der Waals surface area contributed by atoms with Crippen LogP contribution in [-0.2, 0) is 11.2 Å². The molecule has 3 aliphatic rings. The number of hydrogen-bond donors (Lipinski definition) is 1. The maximum atomic E-state index is 13.0. The summed E-state index contributed by atoms with van der Waals surface area (Å²) in [6.45, 7) is 3.89. The van der Waals surface area contributed by atoms with Crippen molar-refractivity contribution in [3.63, 3.8) is 0 Å². The molecule has 23 heavy (non-hydrogen) atoms. The molecule has 0 radical (unpaired) electrons. The van der Waals surface area contributed by atoms with Crippen molar-refractivity contribution in [2.75, 3.05) is 26.2 Å². The molecule has 0 bridgehead atoms. The standard InChI is InChI=1S/C19H25FN2O/c20-16-3-1-14(2-4-16)11-15-5-9-22(10-6-15)18(23)17-12-19(17)7-8-21-13-19/h1-4,15,17,21H,5-13H2. The van der Waals surface area contributed by atoms with Crippen LogP contribution in [0.25, 0.3) is 0 Å². The van der Waals surface area contributed by atoms with Gasteiger partial charge in [0.1, 0.15) is 5.82 Å². The van der Waals surface area contributed by atoms with Gasteiger partial charge >= 0.3 is 0 Å². The normalized spacial score (nSPS) is 30.8. The Morgan fingerprint density at radius 1 is 1.26 bits per heavy atom. The first-order valence-electron chi connectivity index (χ1n) is 8.90. The summed E-state index contributed by atoms with van der Waals surface area (Å²) >= 11 is 0. The average Bonchev–Trinajstić information content (AvgIpc) is 3.06. The molecule has 2 heterocycles. The van der Waals surface area contributed by atoms with Crippen molar-refractivity contribution in [2.24, 2.45) is 17.3 Å². The molecule has 2 atom stereocenters. The quantitative estimate of drug-likeness (QED) is 0.930. The van der Waals surface area contributed by atoms with Crippen molar-refractivity contribution in [1.82, 2.24) is 10.2 Å². The van der Waals surface area contributed by atoms with E-state index in [0.717, 1.165) is 51.9 Å². The Kier molecular flexibility index (Phi) is 3.88. The van der Waals surface area contributed by atoms with E-state index in [0.29, 0.717) is 17.2 Å². The molecular weight excluding hydrogens is 291 g/mol. The number of carbonyl (C=O) groups is 1. The summed E-state index contributed by atoms with van der Waals surface area (Å²) < 4.78 is 13.0. The third kappa shape index (κ3) is 3.01. The molecule has 124 valence electrons. The third-order valence-corrected chi connectivity index (χ3v) is 6.13. The van der Waals surface area contributed by atoms with E-state index in [1.54, 1.807) is 0 Å². The Hall–Kier alpha value is -1.42. The van der Waals surface area contributed by atoms with Crippen molar-refractivity contribution in [2.45, 2.75) is 32.1 Å². The van der Waals surface area contributed by atoms with Gasteiger partial charge < -0.3 is 10.2 Å². The Morgan fingerprint density at radius 3 is 2.65 bits per heavy atom. The Morgan fingerprint density at radius 2 is 2.00 bits per heavy atom. The van der Waals surface area contributed by atoms with Crippen molar-refractivity contribution >= 4 is 5.91 Å². The van der Waals surface area contributed by atoms with Gasteiger partial charge in [-0.05, 0) is 67.7 Å². The van der Waals surface area contributed by atoms with Crippen molar-refractivity contribution in [1.29, 1.82) is 0 Å². The summed E-state index contributed by atoms with van der Waals surface area (Å²) in [6, 6.07) is 6.84. The van der Waals surface area contributed by atoms with Crippen LogP contribution in [0.1, 0.15) is 31.2 Å². The fraction of sp³-hybridized carbons (Fsp3) is 0.632. The summed E-state index contributed by atoms with van der Waals surface area (Å²) in [5, 5.41) is 3.40. The number of piperidine rings is 1. The summed E-state index contributed by atoms with van der Waals surface area (Å²) in [5.74, 6) is 1.12. The van der Waals surface area contributed by atoms with E-state index in [9.17, 15) is 9.18 Å². The Labute approximate surface area is 137 Å². The van der Waals surface area contributed by atoms with Gasteiger partial charge in [-0.25, -0.2) is 4.39 Å². The van der Waals surface area contributed by atoms with Crippen LogP contribution in [0, 0.1) is 23.1 Å². The van der Waals surface area contributed by atoms with Crippen molar-refractivity contribution in [3.8, 4) is 0 Å². The maximum Gasteiger partial charge on any atom is 0.226 e. The van der Waals surface area contributed by atoms with Gasteiger partial charge in [-0.15, -0.1) is 0 Å². The highest BCUT2D eigenvalue weighted by atomic mass is 19.1. The molecule has 4 heteroatoms. The highest BCUT2D eigenvalue weighted by molar-refractivity contribution is 5.83. The van der Waals surface area contributed by atoms with Crippen molar-refractivity contribution < 1.29 is 9.18 Å². The average molecular weight is 316 g/mol. The first kappa shape index (κ1) is 15.1. The predicted molar refractivity (Wildman–Crippen MR) is 87.4 cm³/mol. The molecule has 2 saturated heterocycles. The second-order valence-corrected chi connectivity index (χ2v) is 7.65. The first-order chi connectivity index (χ1) is 11.2. The van der Waals surface area contributed by atoms with E-state index in [1.807, 2.05) is 12.1 Å². The number of benzene rings is 1. The summed E-state index contributed by atoms with van der Waals surface area (Å²) in [7, 11) is 0. The minimum Gasteiger partial charge on any atom is -0.342 e. The number of hydrogen-bond acceptors (Lipinski definition) is 2. The van der Waals surface area contributed by atoms with Crippen LogP contribution in [0.15, 0.2) is 24.3 Å². The SMILES string of the molecule is O=C(C1CC12CCNC2)N1CCC(Cc2ccc(F)cc2)CC1. The van der Waals surface area contributed by atoms with E-state index in [1.165, 1.54) is 24.1 Å². The van der Waals surface area contributed by atoms with Crippen LogP contribution in [0.2, 0.25) is 0 Å². The van der Waals surface area contributed by atoms with Gasteiger partial charge in [0.05, 0.1) is 0 Å². The summed E-state index contributed by atoms with van der Waals surface area (Å²) in [6.07, 6.45) is 5.40.